The molecule has 39 heavy (non-hydrogen) atoms. The van der Waals surface area contributed by atoms with Gasteiger partial charge in [0.2, 0.25) is 0 Å². The summed E-state index contributed by atoms with van der Waals surface area (Å²) in [5, 5.41) is 19.7. The number of hydrazone groups is 1. The van der Waals surface area contributed by atoms with E-state index < -0.39 is 24.3 Å². The molecule has 0 aromatic heterocycles. The van der Waals surface area contributed by atoms with Crippen molar-refractivity contribution in [3.05, 3.63) is 57.2 Å². The highest BCUT2D eigenvalue weighted by Crippen LogP contribution is 2.36. The van der Waals surface area contributed by atoms with Gasteiger partial charge in [-0.05, 0) is 65.2 Å². The van der Waals surface area contributed by atoms with Gasteiger partial charge in [0, 0.05) is 5.70 Å². The van der Waals surface area contributed by atoms with Crippen molar-refractivity contribution in [2.24, 2.45) is 5.10 Å². The van der Waals surface area contributed by atoms with Crippen molar-refractivity contribution >= 4 is 34.1 Å². The number of hydrogen-bond acceptors (Lipinski definition) is 10. The second-order valence-corrected chi connectivity index (χ2v) is 9.01. The van der Waals surface area contributed by atoms with Crippen LogP contribution >= 0.6 is 15.9 Å². The van der Waals surface area contributed by atoms with Gasteiger partial charge in [0.1, 0.15) is 6.61 Å². The van der Waals surface area contributed by atoms with E-state index in [4.69, 9.17) is 23.7 Å². The lowest BCUT2D eigenvalue weighted by molar-refractivity contribution is -0.136. The van der Waals surface area contributed by atoms with E-state index >= 15 is 0 Å². The van der Waals surface area contributed by atoms with Crippen LogP contribution in [0, 0.1) is 0 Å². The minimum atomic E-state index is -1.14. The summed E-state index contributed by atoms with van der Waals surface area (Å²) in [7, 11) is 4.35. The van der Waals surface area contributed by atoms with Gasteiger partial charge in [0.25, 0.3) is 0 Å². The molecule has 2 aromatic rings. The summed E-state index contributed by atoms with van der Waals surface area (Å²) < 4.78 is 27.7. The average Bonchev–Trinajstić information content (AvgIpc) is 2.91. The fraction of sp³-hybridized carbons (Fsp3) is 0.346. The summed E-state index contributed by atoms with van der Waals surface area (Å²) in [5.74, 6) is 1.24. The van der Waals surface area contributed by atoms with Crippen LogP contribution in [-0.2, 0) is 9.53 Å². The first-order valence-electron chi connectivity index (χ1n) is 11.9. The number of carbonyl (C=O) groups is 2. The summed E-state index contributed by atoms with van der Waals surface area (Å²) in [6, 6.07) is 7.32. The number of methoxy groups -OCH3 is 3. The minimum absolute atomic E-state index is 0.150. The molecule has 0 unspecified atom stereocenters. The van der Waals surface area contributed by atoms with Gasteiger partial charge in [-0.25, -0.2) is 9.59 Å². The Morgan fingerprint density at radius 2 is 1.92 bits per heavy atom. The van der Waals surface area contributed by atoms with Crippen LogP contribution in [0.1, 0.15) is 31.0 Å². The molecule has 0 radical (unpaired) electrons. The fourth-order valence-corrected chi connectivity index (χ4v) is 4.45. The molecule has 1 aliphatic heterocycles. The van der Waals surface area contributed by atoms with E-state index in [1.54, 1.807) is 44.4 Å². The molecule has 2 aromatic carbocycles. The van der Waals surface area contributed by atoms with Crippen LogP contribution in [0.5, 0.6) is 23.0 Å². The zero-order valence-corrected chi connectivity index (χ0v) is 23.7. The highest BCUT2D eigenvalue weighted by atomic mass is 79.9. The summed E-state index contributed by atoms with van der Waals surface area (Å²) in [6.07, 6.45) is 0.372. The van der Waals surface area contributed by atoms with Crippen LogP contribution in [0.3, 0.4) is 0 Å². The van der Waals surface area contributed by atoms with E-state index in [1.165, 1.54) is 20.4 Å². The third-order valence-electron chi connectivity index (χ3n) is 5.57. The number of hydrogen-bond donors (Lipinski definition) is 4. The largest absolute Gasteiger partial charge is 0.493 e. The van der Waals surface area contributed by atoms with Crippen molar-refractivity contribution in [3.63, 3.8) is 0 Å². The Morgan fingerprint density at radius 1 is 1.15 bits per heavy atom. The first-order chi connectivity index (χ1) is 18.7. The third-order valence-corrected chi connectivity index (χ3v) is 6.15. The summed E-state index contributed by atoms with van der Waals surface area (Å²) in [6.45, 7) is 3.62. The number of allylic oxidation sites excluding steroid dienone is 1. The quantitative estimate of drug-likeness (QED) is 0.124. The van der Waals surface area contributed by atoms with Gasteiger partial charge in [-0.1, -0.05) is 6.07 Å². The molecule has 4 N–H and O–H groups in total. The maximum Gasteiger partial charge on any atom is 0.337 e. The molecule has 210 valence electrons. The number of halogens is 1. The second kappa shape index (κ2) is 13.7. The normalized spacial score (nSPS) is 15.8. The van der Waals surface area contributed by atoms with Crippen molar-refractivity contribution in [2.45, 2.75) is 26.1 Å². The molecule has 0 saturated carbocycles. The van der Waals surface area contributed by atoms with E-state index in [9.17, 15) is 14.7 Å². The van der Waals surface area contributed by atoms with E-state index in [0.29, 0.717) is 50.9 Å². The minimum Gasteiger partial charge on any atom is -0.493 e. The first kappa shape index (κ1) is 29.6. The molecular formula is C26H31BrN4O8. The molecule has 1 aliphatic rings. The molecule has 0 saturated heterocycles. The number of aliphatic hydroxyl groups is 1. The summed E-state index contributed by atoms with van der Waals surface area (Å²) in [5.41, 5.74) is 4.55. The van der Waals surface area contributed by atoms with Gasteiger partial charge in [0.05, 0.1) is 50.2 Å². The molecule has 1 heterocycles. The molecule has 2 amide bonds. The average molecular weight is 607 g/mol. The van der Waals surface area contributed by atoms with E-state index in [2.05, 4.69) is 37.1 Å². The van der Waals surface area contributed by atoms with Crippen LogP contribution in [0.15, 0.2) is 51.2 Å². The Morgan fingerprint density at radius 3 is 2.59 bits per heavy atom. The molecule has 13 heteroatoms. The smallest absolute Gasteiger partial charge is 0.337 e. The number of rotatable bonds is 12. The highest BCUT2D eigenvalue weighted by molar-refractivity contribution is 9.10. The van der Waals surface area contributed by atoms with Gasteiger partial charge < -0.3 is 39.4 Å². The molecule has 2 atom stereocenters. The first-order valence-corrected chi connectivity index (χ1v) is 12.7. The Hall–Kier alpha value is -3.97. The number of carbonyl (C=O) groups excluding carboxylic acids is 2. The highest BCUT2D eigenvalue weighted by Gasteiger charge is 2.32. The van der Waals surface area contributed by atoms with Gasteiger partial charge in [-0.2, -0.15) is 5.10 Å². The predicted octanol–water partition coefficient (Wildman–Crippen LogP) is 2.99. The monoisotopic (exact) mass is 606 g/mol. The molecular weight excluding hydrogens is 576 g/mol. The lowest BCUT2D eigenvalue weighted by Crippen LogP contribution is -2.45. The molecule has 12 nitrogen and oxygen atoms in total. The Kier molecular flexibility index (Phi) is 10.4. The maximum absolute atomic E-state index is 12.4. The van der Waals surface area contributed by atoms with Gasteiger partial charge >= 0.3 is 12.0 Å². The number of esters is 1. The number of ether oxygens (including phenoxy) is 5. The maximum atomic E-state index is 12.4. The van der Waals surface area contributed by atoms with Crippen LogP contribution in [0.2, 0.25) is 0 Å². The number of nitrogens with one attached hydrogen (secondary N) is 3. The Labute approximate surface area is 234 Å². The lowest BCUT2D eigenvalue weighted by atomic mass is 9.95. The summed E-state index contributed by atoms with van der Waals surface area (Å²) in [4.78, 5) is 24.5. The molecule has 0 fully saturated rings. The number of amides is 2. The van der Waals surface area contributed by atoms with Crippen LogP contribution in [0.4, 0.5) is 4.79 Å². The van der Waals surface area contributed by atoms with Crippen molar-refractivity contribution in [1.82, 2.24) is 16.1 Å². The standard InChI is InChI=1S/C26H31BrN4O8/c1-6-38-19-11-16(23-22(25(33)37-5)14(2)29-26(34)30-23)7-8-18(19)39-13-21(32)31-28-12-15-9-17(27)24(36-4)20(10-15)35-3/h7-12,21,23,31-32H,6,13H2,1-5H3,(H2,29,30,34)/b28-12+/t21-,23+/m1/s1. The van der Waals surface area contributed by atoms with Gasteiger partial charge in [0.15, 0.2) is 29.2 Å². The molecule has 3 rings (SSSR count). The van der Waals surface area contributed by atoms with Gasteiger partial charge in [-0.15, -0.1) is 0 Å². The molecule has 0 spiro atoms. The molecule has 0 aliphatic carbocycles. The third kappa shape index (κ3) is 7.33. The van der Waals surface area contributed by atoms with E-state index in [-0.39, 0.29) is 12.2 Å². The molecule has 0 bridgehead atoms. The fourth-order valence-electron chi connectivity index (χ4n) is 3.83. The second-order valence-electron chi connectivity index (χ2n) is 8.15. The number of aliphatic hydroxyl groups excluding tert-OH is 1. The zero-order valence-electron chi connectivity index (χ0n) is 22.2. The SMILES string of the molecule is CCOc1cc([C@@H]2NC(=O)NC(C)=C2C(=O)OC)ccc1OC[C@@H](O)N/N=C/c1cc(Br)c(OC)c(OC)c1. The van der Waals surface area contributed by atoms with Crippen molar-refractivity contribution in [2.75, 3.05) is 34.5 Å². The Bertz CT molecular complexity index is 1270. The van der Waals surface area contributed by atoms with Crippen LogP contribution < -0.4 is 35.0 Å². The van der Waals surface area contributed by atoms with Crippen molar-refractivity contribution in [3.8, 4) is 23.0 Å². The zero-order chi connectivity index (χ0) is 28.5. The lowest BCUT2D eigenvalue weighted by Gasteiger charge is -2.28. The van der Waals surface area contributed by atoms with Crippen LogP contribution in [0.25, 0.3) is 0 Å². The number of benzene rings is 2. The van der Waals surface area contributed by atoms with E-state index in [1.807, 2.05) is 6.92 Å². The van der Waals surface area contributed by atoms with Crippen LogP contribution in [-0.4, -0.2) is 64.1 Å². The number of urea groups is 1. The Balaban J connectivity index is 1.70. The summed E-state index contributed by atoms with van der Waals surface area (Å²) >= 11 is 3.42. The van der Waals surface area contributed by atoms with Gasteiger partial charge in [-0.3, -0.25) is 5.43 Å². The van der Waals surface area contributed by atoms with Crippen molar-refractivity contribution < 1.29 is 38.4 Å². The number of nitrogens with zero attached hydrogens (tertiary/aromatic N) is 1. The predicted molar refractivity (Wildman–Crippen MR) is 146 cm³/mol. The van der Waals surface area contributed by atoms with Crippen molar-refractivity contribution in [1.29, 1.82) is 0 Å². The topological polar surface area (TPSA) is 149 Å². The van der Waals surface area contributed by atoms with E-state index in [0.717, 1.165) is 0 Å².